The van der Waals surface area contributed by atoms with E-state index in [0.717, 1.165) is 16.5 Å². The van der Waals surface area contributed by atoms with E-state index < -0.39 is 0 Å². The molecule has 0 amide bonds. The molecule has 2 N–H and O–H groups in total. The summed E-state index contributed by atoms with van der Waals surface area (Å²) in [4.78, 5) is 12.7. The highest BCUT2D eigenvalue weighted by atomic mass is 16.5. The maximum Gasteiger partial charge on any atom is 0.255 e. The molecule has 3 rings (SSSR count). The minimum atomic E-state index is -0.294. The average molecular weight is 258 g/mol. The molecule has 0 unspecified atom stereocenters. The third-order valence-electron chi connectivity index (χ3n) is 4.04. The van der Waals surface area contributed by atoms with Crippen molar-refractivity contribution >= 4 is 10.9 Å². The van der Waals surface area contributed by atoms with Crippen LogP contribution >= 0.6 is 0 Å². The highest BCUT2D eigenvalue weighted by Crippen LogP contribution is 2.30. The first-order valence-corrected chi connectivity index (χ1v) is 6.63. The number of nitrogens with zero attached hydrogens (tertiary/aromatic N) is 1. The Balaban J connectivity index is 2.32. The smallest absolute Gasteiger partial charge is 0.255 e. The molecule has 4 nitrogen and oxygen atoms in total. The van der Waals surface area contributed by atoms with Crippen molar-refractivity contribution in [2.24, 2.45) is 5.73 Å². The van der Waals surface area contributed by atoms with Gasteiger partial charge in [-0.05, 0) is 24.4 Å². The highest BCUT2D eigenvalue weighted by molar-refractivity contribution is 5.80. The molecule has 0 bridgehead atoms. The number of hydrogen-bond acceptors (Lipinski definition) is 3. The monoisotopic (exact) mass is 258 g/mol. The lowest BCUT2D eigenvalue weighted by atomic mass is 9.79. The van der Waals surface area contributed by atoms with Gasteiger partial charge in [0.15, 0.2) is 0 Å². The Hall–Kier alpha value is -1.65. The maximum absolute atomic E-state index is 12.7. The van der Waals surface area contributed by atoms with Crippen LogP contribution in [-0.4, -0.2) is 24.3 Å². The van der Waals surface area contributed by atoms with Crippen molar-refractivity contribution in [3.05, 3.63) is 46.2 Å². The second-order valence-electron chi connectivity index (χ2n) is 5.14. The minimum Gasteiger partial charge on any atom is -0.379 e. The van der Waals surface area contributed by atoms with Crippen LogP contribution in [0.2, 0.25) is 0 Å². The zero-order valence-electron chi connectivity index (χ0n) is 11.1. The van der Waals surface area contributed by atoms with Crippen molar-refractivity contribution in [2.45, 2.75) is 18.9 Å². The van der Waals surface area contributed by atoms with Gasteiger partial charge in [-0.2, -0.15) is 0 Å². The summed E-state index contributed by atoms with van der Waals surface area (Å²) < 4.78 is 7.12. The van der Waals surface area contributed by atoms with Crippen LogP contribution in [0.15, 0.2) is 35.1 Å². The van der Waals surface area contributed by atoms with E-state index in [1.807, 2.05) is 41.8 Å². The Bertz CT molecular complexity index is 666. The zero-order chi connectivity index (χ0) is 13.5. The average Bonchev–Trinajstić information content (AvgIpc) is 2.39. The molecule has 0 spiro atoms. The number of benzene rings is 1. The summed E-state index contributed by atoms with van der Waals surface area (Å²) in [6.07, 6.45) is 0. The lowest BCUT2D eigenvalue weighted by Crippen LogP contribution is -2.55. The summed E-state index contributed by atoms with van der Waals surface area (Å²) in [6, 6.07) is 9.95. The topological polar surface area (TPSA) is 57.2 Å². The summed E-state index contributed by atoms with van der Waals surface area (Å²) in [5, 5.41) is 1.08. The van der Waals surface area contributed by atoms with Gasteiger partial charge >= 0.3 is 0 Å². The molecule has 1 aromatic heterocycles. The van der Waals surface area contributed by atoms with E-state index in [1.54, 1.807) is 0 Å². The number of aryl methyl sites for hydroxylation is 1. The van der Waals surface area contributed by atoms with Gasteiger partial charge in [-0.3, -0.25) is 4.79 Å². The van der Waals surface area contributed by atoms with Gasteiger partial charge in [0.25, 0.3) is 5.56 Å². The van der Waals surface area contributed by atoms with Crippen molar-refractivity contribution in [3.8, 4) is 0 Å². The minimum absolute atomic E-state index is 0.0648. The number of hydrogen-bond donors (Lipinski definition) is 1. The molecule has 1 aliphatic heterocycles. The summed E-state index contributed by atoms with van der Waals surface area (Å²) in [7, 11) is 0. The number of para-hydroxylation sites is 1. The molecule has 2 aromatic rings. The predicted molar refractivity (Wildman–Crippen MR) is 75.4 cm³/mol. The molecule has 0 radical (unpaired) electrons. The second-order valence-corrected chi connectivity index (χ2v) is 5.14. The van der Waals surface area contributed by atoms with E-state index in [0.29, 0.717) is 26.3 Å². The van der Waals surface area contributed by atoms with Gasteiger partial charge in [0.2, 0.25) is 0 Å². The molecule has 2 heterocycles. The standard InChI is InChI=1S/C15H18N2O2/c1-2-17-13-6-4-3-5-11(13)7-12(14(17)18)15(8-16)9-19-10-15/h3-7H,2,8-10,16H2,1H3. The van der Waals surface area contributed by atoms with E-state index in [4.69, 9.17) is 10.5 Å². The maximum atomic E-state index is 12.7. The van der Waals surface area contributed by atoms with Crippen LogP contribution in [0.3, 0.4) is 0 Å². The molecule has 100 valence electrons. The molecule has 1 aliphatic rings. The van der Waals surface area contributed by atoms with Gasteiger partial charge in [0, 0.05) is 18.7 Å². The molecule has 1 fully saturated rings. The first-order valence-electron chi connectivity index (χ1n) is 6.63. The number of aromatic nitrogens is 1. The SMILES string of the molecule is CCn1c(=O)c(C2(CN)COC2)cc2ccccc21. The summed E-state index contributed by atoms with van der Waals surface area (Å²) in [5.74, 6) is 0. The van der Waals surface area contributed by atoms with Gasteiger partial charge in [-0.1, -0.05) is 18.2 Å². The lowest BCUT2D eigenvalue weighted by molar-refractivity contribution is -0.0557. The highest BCUT2D eigenvalue weighted by Gasteiger charge is 2.41. The van der Waals surface area contributed by atoms with Crippen LogP contribution in [0.25, 0.3) is 10.9 Å². The Morgan fingerprint density at radius 1 is 1.37 bits per heavy atom. The van der Waals surface area contributed by atoms with Crippen LogP contribution in [0.1, 0.15) is 12.5 Å². The van der Waals surface area contributed by atoms with Gasteiger partial charge < -0.3 is 15.0 Å². The van der Waals surface area contributed by atoms with Gasteiger partial charge in [0.05, 0.1) is 24.1 Å². The van der Waals surface area contributed by atoms with Crippen LogP contribution in [0.4, 0.5) is 0 Å². The number of pyridine rings is 1. The fourth-order valence-electron chi connectivity index (χ4n) is 2.75. The molecule has 0 saturated carbocycles. The van der Waals surface area contributed by atoms with Crippen LogP contribution < -0.4 is 11.3 Å². The Labute approximate surface area is 111 Å². The van der Waals surface area contributed by atoms with Crippen LogP contribution in [-0.2, 0) is 16.7 Å². The first-order chi connectivity index (χ1) is 9.22. The quantitative estimate of drug-likeness (QED) is 0.901. The predicted octanol–water partition coefficient (Wildman–Crippen LogP) is 1.25. The fraction of sp³-hybridized carbons (Fsp3) is 0.400. The zero-order valence-corrected chi connectivity index (χ0v) is 11.1. The molecular weight excluding hydrogens is 240 g/mol. The van der Waals surface area contributed by atoms with E-state index in [1.165, 1.54) is 0 Å². The normalized spacial score (nSPS) is 17.4. The largest absolute Gasteiger partial charge is 0.379 e. The Kier molecular flexibility index (Phi) is 2.92. The van der Waals surface area contributed by atoms with Crippen molar-refractivity contribution in [2.75, 3.05) is 19.8 Å². The van der Waals surface area contributed by atoms with Gasteiger partial charge in [-0.25, -0.2) is 0 Å². The summed E-state index contributed by atoms with van der Waals surface area (Å²) >= 11 is 0. The third-order valence-corrected chi connectivity index (χ3v) is 4.04. The molecular formula is C15H18N2O2. The Morgan fingerprint density at radius 2 is 2.11 bits per heavy atom. The summed E-state index contributed by atoms with van der Waals surface area (Å²) in [5.41, 5.74) is 7.42. The number of nitrogens with two attached hydrogens (primary N) is 1. The molecule has 1 aromatic carbocycles. The van der Waals surface area contributed by atoms with Crippen molar-refractivity contribution < 1.29 is 4.74 Å². The fourth-order valence-corrected chi connectivity index (χ4v) is 2.75. The first kappa shape index (κ1) is 12.4. The van der Waals surface area contributed by atoms with Crippen LogP contribution in [0, 0.1) is 0 Å². The van der Waals surface area contributed by atoms with Crippen molar-refractivity contribution in [3.63, 3.8) is 0 Å². The van der Waals surface area contributed by atoms with E-state index >= 15 is 0 Å². The molecule has 0 aliphatic carbocycles. The van der Waals surface area contributed by atoms with Gasteiger partial charge in [-0.15, -0.1) is 0 Å². The summed E-state index contributed by atoms with van der Waals surface area (Å²) in [6.45, 7) is 4.19. The number of rotatable bonds is 3. The molecule has 19 heavy (non-hydrogen) atoms. The second kappa shape index (κ2) is 4.47. The van der Waals surface area contributed by atoms with Crippen LogP contribution in [0.5, 0.6) is 0 Å². The van der Waals surface area contributed by atoms with E-state index in [-0.39, 0.29) is 11.0 Å². The van der Waals surface area contributed by atoms with Crippen molar-refractivity contribution in [1.29, 1.82) is 0 Å². The lowest BCUT2D eigenvalue weighted by Gasteiger charge is -2.40. The van der Waals surface area contributed by atoms with Gasteiger partial charge in [0.1, 0.15) is 0 Å². The molecule has 0 atom stereocenters. The third kappa shape index (κ3) is 1.71. The van der Waals surface area contributed by atoms with E-state index in [2.05, 4.69) is 0 Å². The molecule has 1 saturated heterocycles. The van der Waals surface area contributed by atoms with Crippen molar-refractivity contribution in [1.82, 2.24) is 4.57 Å². The Morgan fingerprint density at radius 3 is 2.68 bits per heavy atom. The number of ether oxygens (including phenoxy) is 1. The molecule has 4 heteroatoms. The van der Waals surface area contributed by atoms with E-state index in [9.17, 15) is 4.79 Å². The number of fused-ring (bicyclic) bond motifs is 1.